The summed E-state index contributed by atoms with van der Waals surface area (Å²) in [5, 5.41) is 0. The highest BCUT2D eigenvalue weighted by Crippen LogP contribution is 2.29. The minimum absolute atomic E-state index is 0.128. The van der Waals surface area contributed by atoms with E-state index in [9.17, 15) is 21.6 Å². The summed E-state index contributed by atoms with van der Waals surface area (Å²) in [5.41, 5.74) is 0.326. The SMILES string of the molecule is CS(=O)(=O)NC1CCOCC1COc1ccc(-c2ccc(C(F)(F)F)nc2)cc1. The molecule has 1 fully saturated rings. The molecule has 2 heterocycles. The number of rotatable bonds is 6. The molecule has 1 aromatic heterocycles. The molecule has 2 aromatic rings. The quantitative estimate of drug-likeness (QED) is 0.762. The van der Waals surface area contributed by atoms with Crippen LogP contribution < -0.4 is 9.46 Å². The molecule has 29 heavy (non-hydrogen) atoms. The fourth-order valence-electron chi connectivity index (χ4n) is 3.07. The Kier molecular flexibility index (Phi) is 6.45. The first-order chi connectivity index (χ1) is 13.6. The van der Waals surface area contributed by atoms with Gasteiger partial charge in [0.05, 0.1) is 19.5 Å². The maximum Gasteiger partial charge on any atom is 0.433 e. The number of hydrogen-bond donors (Lipinski definition) is 1. The minimum Gasteiger partial charge on any atom is -0.493 e. The van der Waals surface area contributed by atoms with E-state index in [1.807, 2.05) is 0 Å². The van der Waals surface area contributed by atoms with Gasteiger partial charge in [0.1, 0.15) is 11.4 Å². The Morgan fingerprint density at radius 1 is 1.17 bits per heavy atom. The van der Waals surface area contributed by atoms with Crippen LogP contribution in [0.5, 0.6) is 5.75 Å². The summed E-state index contributed by atoms with van der Waals surface area (Å²) < 4.78 is 74.6. The smallest absolute Gasteiger partial charge is 0.433 e. The molecule has 0 aliphatic carbocycles. The standard InChI is InChI=1S/C19H21F3N2O4S/c1-29(25,26)24-17-8-9-27-11-15(17)12-28-16-5-2-13(3-6-16)14-4-7-18(23-10-14)19(20,21)22/h2-7,10,15,17,24H,8-9,11-12H2,1H3. The molecular formula is C19H21F3N2O4S. The summed E-state index contributed by atoms with van der Waals surface area (Å²) in [4.78, 5) is 3.46. The molecular weight excluding hydrogens is 409 g/mol. The molecule has 6 nitrogen and oxygen atoms in total. The van der Waals surface area contributed by atoms with Crippen LogP contribution in [0.3, 0.4) is 0 Å². The summed E-state index contributed by atoms with van der Waals surface area (Å²) in [5.74, 6) is 0.439. The zero-order chi connectivity index (χ0) is 21.1. The second kappa shape index (κ2) is 8.68. The van der Waals surface area contributed by atoms with Gasteiger partial charge in [0.15, 0.2) is 0 Å². The summed E-state index contributed by atoms with van der Waals surface area (Å²) in [7, 11) is -3.33. The molecule has 10 heteroatoms. The summed E-state index contributed by atoms with van der Waals surface area (Å²) in [6, 6.07) is 8.92. The number of aromatic nitrogens is 1. The van der Waals surface area contributed by atoms with Crippen LogP contribution in [-0.4, -0.2) is 45.5 Å². The number of nitrogens with one attached hydrogen (secondary N) is 1. The zero-order valence-corrected chi connectivity index (χ0v) is 16.5. The largest absolute Gasteiger partial charge is 0.493 e. The Hall–Kier alpha value is -2.17. The van der Waals surface area contributed by atoms with E-state index in [1.165, 1.54) is 12.3 Å². The average Bonchev–Trinajstić information content (AvgIpc) is 2.66. The number of benzene rings is 1. The van der Waals surface area contributed by atoms with E-state index in [-0.39, 0.29) is 18.6 Å². The Labute approximate surface area is 167 Å². The van der Waals surface area contributed by atoms with Crippen molar-refractivity contribution in [2.24, 2.45) is 5.92 Å². The topological polar surface area (TPSA) is 77.5 Å². The lowest BCUT2D eigenvalue weighted by Gasteiger charge is -2.31. The third-order valence-corrected chi connectivity index (χ3v) is 5.28. The van der Waals surface area contributed by atoms with Crippen molar-refractivity contribution in [2.45, 2.75) is 18.6 Å². The molecule has 1 aromatic carbocycles. The number of pyridine rings is 1. The highest BCUT2D eigenvalue weighted by Gasteiger charge is 2.32. The van der Waals surface area contributed by atoms with Crippen LogP contribution in [0.15, 0.2) is 42.6 Å². The summed E-state index contributed by atoms with van der Waals surface area (Å²) >= 11 is 0. The molecule has 1 N–H and O–H groups in total. The van der Waals surface area contributed by atoms with Gasteiger partial charge < -0.3 is 9.47 Å². The van der Waals surface area contributed by atoms with Gasteiger partial charge in [-0.3, -0.25) is 4.98 Å². The fraction of sp³-hybridized carbons (Fsp3) is 0.421. The van der Waals surface area contributed by atoms with Crippen LogP contribution in [-0.2, 0) is 20.9 Å². The number of ether oxygens (including phenoxy) is 2. The second-order valence-electron chi connectivity index (χ2n) is 6.89. The average molecular weight is 430 g/mol. The molecule has 0 amide bonds. The molecule has 1 aliphatic heterocycles. The van der Waals surface area contributed by atoms with Crippen LogP contribution >= 0.6 is 0 Å². The van der Waals surface area contributed by atoms with Gasteiger partial charge in [-0.15, -0.1) is 0 Å². The summed E-state index contributed by atoms with van der Waals surface area (Å²) in [6.07, 6.45) is -1.60. The van der Waals surface area contributed by atoms with Gasteiger partial charge in [0.2, 0.25) is 10.0 Å². The molecule has 158 valence electrons. The Bertz CT molecular complexity index is 916. The van der Waals surface area contributed by atoms with E-state index in [4.69, 9.17) is 9.47 Å². The van der Waals surface area contributed by atoms with Crippen LogP contribution in [0, 0.1) is 5.92 Å². The van der Waals surface area contributed by atoms with Crippen molar-refractivity contribution < 1.29 is 31.1 Å². The second-order valence-corrected chi connectivity index (χ2v) is 8.67. The molecule has 3 rings (SSSR count). The lowest BCUT2D eigenvalue weighted by molar-refractivity contribution is -0.141. The molecule has 0 spiro atoms. The van der Waals surface area contributed by atoms with E-state index in [0.29, 0.717) is 36.5 Å². The van der Waals surface area contributed by atoms with Crippen molar-refractivity contribution in [3.63, 3.8) is 0 Å². The van der Waals surface area contributed by atoms with E-state index in [2.05, 4.69) is 9.71 Å². The van der Waals surface area contributed by atoms with E-state index in [0.717, 1.165) is 12.3 Å². The van der Waals surface area contributed by atoms with Crippen molar-refractivity contribution in [1.29, 1.82) is 0 Å². The van der Waals surface area contributed by atoms with Crippen LogP contribution in [0.2, 0.25) is 0 Å². The van der Waals surface area contributed by atoms with Crippen molar-refractivity contribution in [1.82, 2.24) is 9.71 Å². The monoisotopic (exact) mass is 430 g/mol. The lowest BCUT2D eigenvalue weighted by atomic mass is 9.98. The van der Waals surface area contributed by atoms with E-state index >= 15 is 0 Å². The fourth-order valence-corrected chi connectivity index (χ4v) is 3.93. The number of hydrogen-bond acceptors (Lipinski definition) is 5. The predicted molar refractivity (Wildman–Crippen MR) is 101 cm³/mol. The normalized spacial score (nSPS) is 20.4. The maximum absolute atomic E-state index is 12.6. The third kappa shape index (κ3) is 6.15. The van der Waals surface area contributed by atoms with Crippen molar-refractivity contribution in [2.75, 3.05) is 26.1 Å². The zero-order valence-electron chi connectivity index (χ0n) is 15.6. The molecule has 1 aliphatic rings. The first kappa shape index (κ1) is 21.5. The van der Waals surface area contributed by atoms with Gasteiger partial charge in [0.25, 0.3) is 0 Å². The van der Waals surface area contributed by atoms with Gasteiger partial charge in [0, 0.05) is 30.3 Å². The third-order valence-electron chi connectivity index (χ3n) is 4.55. The maximum atomic E-state index is 12.6. The lowest BCUT2D eigenvalue weighted by Crippen LogP contribution is -2.47. The highest BCUT2D eigenvalue weighted by molar-refractivity contribution is 7.88. The molecule has 2 unspecified atom stereocenters. The summed E-state index contributed by atoms with van der Waals surface area (Å²) in [6.45, 7) is 1.15. The number of sulfonamides is 1. The number of alkyl halides is 3. The van der Waals surface area contributed by atoms with Crippen LogP contribution in [0.1, 0.15) is 12.1 Å². The van der Waals surface area contributed by atoms with E-state index < -0.39 is 21.9 Å². The molecule has 0 saturated carbocycles. The molecule has 0 bridgehead atoms. The Morgan fingerprint density at radius 2 is 1.86 bits per heavy atom. The van der Waals surface area contributed by atoms with Gasteiger partial charge in [-0.25, -0.2) is 13.1 Å². The molecule has 0 radical (unpaired) electrons. The Morgan fingerprint density at radius 3 is 2.45 bits per heavy atom. The molecule has 2 atom stereocenters. The van der Waals surface area contributed by atoms with Gasteiger partial charge in [-0.2, -0.15) is 13.2 Å². The van der Waals surface area contributed by atoms with Crippen molar-refractivity contribution in [3.05, 3.63) is 48.3 Å². The van der Waals surface area contributed by atoms with Gasteiger partial charge in [-0.1, -0.05) is 18.2 Å². The van der Waals surface area contributed by atoms with E-state index in [1.54, 1.807) is 24.3 Å². The van der Waals surface area contributed by atoms with Crippen LogP contribution in [0.25, 0.3) is 11.1 Å². The highest BCUT2D eigenvalue weighted by atomic mass is 32.2. The minimum atomic E-state index is -4.47. The first-order valence-corrected chi connectivity index (χ1v) is 10.8. The van der Waals surface area contributed by atoms with Crippen molar-refractivity contribution >= 4 is 10.0 Å². The number of nitrogens with zero attached hydrogens (tertiary/aromatic N) is 1. The molecule has 1 saturated heterocycles. The number of halogens is 3. The van der Waals surface area contributed by atoms with Gasteiger partial charge >= 0.3 is 6.18 Å². The predicted octanol–water partition coefficient (Wildman–Crippen LogP) is 3.10. The van der Waals surface area contributed by atoms with Crippen molar-refractivity contribution in [3.8, 4) is 16.9 Å². The first-order valence-electron chi connectivity index (χ1n) is 8.93. The Balaban J connectivity index is 1.61. The van der Waals surface area contributed by atoms with Gasteiger partial charge in [-0.05, 0) is 30.2 Å². The van der Waals surface area contributed by atoms with Crippen LogP contribution in [0.4, 0.5) is 13.2 Å².